The van der Waals surface area contributed by atoms with E-state index in [0.29, 0.717) is 12.2 Å². The van der Waals surface area contributed by atoms with Crippen LogP contribution in [0.15, 0.2) is 0 Å². The molecule has 0 aromatic carbocycles. The number of ether oxygens (including phenoxy) is 1. The number of epoxide rings is 1. The van der Waals surface area contributed by atoms with Gasteiger partial charge >= 0.3 is 0 Å². The van der Waals surface area contributed by atoms with Crippen LogP contribution in [-0.4, -0.2) is 12.2 Å². The summed E-state index contributed by atoms with van der Waals surface area (Å²) in [5.74, 6) is 1.72. The van der Waals surface area contributed by atoms with Gasteiger partial charge in [0, 0.05) is 0 Å². The Hall–Kier alpha value is -0.0400. The highest BCUT2D eigenvalue weighted by atomic mass is 16.6. The Morgan fingerprint density at radius 2 is 2.00 bits per heavy atom. The van der Waals surface area contributed by atoms with Crippen LogP contribution in [0, 0.1) is 11.8 Å². The molecule has 1 aliphatic carbocycles. The summed E-state index contributed by atoms with van der Waals surface area (Å²) in [5, 5.41) is 0. The molecular formula is C8H14O. The molecule has 0 aromatic rings. The molecule has 1 heterocycles. The molecule has 0 spiro atoms. The van der Waals surface area contributed by atoms with E-state index >= 15 is 0 Å². The highest BCUT2D eigenvalue weighted by molar-refractivity contribution is 4.95. The molecule has 0 bridgehead atoms. The molecule has 1 saturated carbocycles. The lowest BCUT2D eigenvalue weighted by molar-refractivity contribution is 0.280. The summed E-state index contributed by atoms with van der Waals surface area (Å²) >= 11 is 0. The van der Waals surface area contributed by atoms with Gasteiger partial charge in [-0.1, -0.05) is 13.8 Å². The van der Waals surface area contributed by atoms with Crippen molar-refractivity contribution in [3.63, 3.8) is 0 Å². The lowest BCUT2D eigenvalue weighted by Gasteiger charge is -2.21. The molecule has 0 radical (unpaired) electrons. The Morgan fingerprint density at radius 3 is 2.67 bits per heavy atom. The second-order valence-corrected chi connectivity index (χ2v) is 3.55. The van der Waals surface area contributed by atoms with Crippen molar-refractivity contribution in [2.75, 3.05) is 0 Å². The molecule has 52 valence electrons. The van der Waals surface area contributed by atoms with Crippen LogP contribution in [0.4, 0.5) is 0 Å². The van der Waals surface area contributed by atoms with E-state index in [1.165, 1.54) is 12.8 Å². The van der Waals surface area contributed by atoms with Crippen LogP contribution < -0.4 is 0 Å². The lowest BCUT2D eigenvalue weighted by Crippen LogP contribution is -2.21. The first-order valence-corrected chi connectivity index (χ1v) is 3.94. The van der Waals surface area contributed by atoms with Crippen LogP contribution >= 0.6 is 0 Å². The zero-order valence-corrected chi connectivity index (χ0v) is 6.13. The van der Waals surface area contributed by atoms with E-state index in [0.717, 1.165) is 11.8 Å². The second-order valence-electron chi connectivity index (χ2n) is 3.55. The van der Waals surface area contributed by atoms with Gasteiger partial charge in [0.1, 0.15) is 0 Å². The van der Waals surface area contributed by atoms with Crippen molar-refractivity contribution in [1.29, 1.82) is 0 Å². The molecule has 0 N–H and O–H groups in total. The number of fused-ring (bicyclic) bond motifs is 1. The molecule has 1 saturated heterocycles. The van der Waals surface area contributed by atoms with Crippen LogP contribution in [0.5, 0.6) is 0 Å². The van der Waals surface area contributed by atoms with Gasteiger partial charge in [0.2, 0.25) is 0 Å². The summed E-state index contributed by atoms with van der Waals surface area (Å²) < 4.78 is 5.46. The van der Waals surface area contributed by atoms with E-state index in [1.807, 2.05) is 0 Å². The Morgan fingerprint density at radius 1 is 1.22 bits per heavy atom. The van der Waals surface area contributed by atoms with Crippen molar-refractivity contribution in [1.82, 2.24) is 0 Å². The first-order valence-electron chi connectivity index (χ1n) is 3.94. The maximum absolute atomic E-state index is 5.46. The van der Waals surface area contributed by atoms with Crippen molar-refractivity contribution in [2.45, 2.75) is 38.9 Å². The first kappa shape index (κ1) is 5.72. The number of hydrogen-bond acceptors (Lipinski definition) is 1. The highest BCUT2D eigenvalue weighted by Crippen LogP contribution is 2.43. The van der Waals surface area contributed by atoms with Crippen LogP contribution in [0.3, 0.4) is 0 Å². The molecule has 0 aromatic heterocycles. The minimum Gasteiger partial charge on any atom is -0.369 e. The first-order chi connectivity index (χ1) is 4.29. The lowest BCUT2D eigenvalue weighted by atomic mass is 9.82. The van der Waals surface area contributed by atoms with E-state index in [2.05, 4.69) is 13.8 Å². The topological polar surface area (TPSA) is 12.5 Å². The van der Waals surface area contributed by atoms with Crippen molar-refractivity contribution in [3.8, 4) is 0 Å². The van der Waals surface area contributed by atoms with Crippen LogP contribution in [0.2, 0.25) is 0 Å². The molecule has 0 amide bonds. The number of rotatable bonds is 0. The van der Waals surface area contributed by atoms with Gasteiger partial charge in [-0.25, -0.2) is 0 Å². The third-order valence-electron chi connectivity index (χ3n) is 2.94. The molecule has 2 rings (SSSR count). The third-order valence-corrected chi connectivity index (χ3v) is 2.94. The maximum Gasteiger partial charge on any atom is 0.0869 e. The standard InChI is InChI=1S/C8H14O/c1-5-3-4-7-8(9-7)6(5)2/h5-8H,3-4H2,1-2H3/t5?,6-,7?,8?/m1/s1. The van der Waals surface area contributed by atoms with E-state index in [-0.39, 0.29) is 0 Å². The quantitative estimate of drug-likeness (QED) is 0.451. The van der Waals surface area contributed by atoms with Crippen molar-refractivity contribution < 1.29 is 4.74 Å². The fourth-order valence-corrected chi connectivity index (χ4v) is 1.87. The van der Waals surface area contributed by atoms with Crippen LogP contribution in [-0.2, 0) is 4.74 Å². The second kappa shape index (κ2) is 1.72. The molecule has 2 fully saturated rings. The molecule has 1 aliphatic heterocycles. The monoisotopic (exact) mass is 126 g/mol. The largest absolute Gasteiger partial charge is 0.369 e. The average molecular weight is 126 g/mol. The van der Waals surface area contributed by atoms with Crippen LogP contribution in [0.1, 0.15) is 26.7 Å². The fourth-order valence-electron chi connectivity index (χ4n) is 1.87. The summed E-state index contributed by atoms with van der Waals surface area (Å²) in [6.07, 6.45) is 4.00. The molecule has 1 nitrogen and oxygen atoms in total. The normalized spacial score (nSPS) is 56.7. The molecular weight excluding hydrogens is 112 g/mol. The highest BCUT2D eigenvalue weighted by Gasteiger charge is 2.47. The van der Waals surface area contributed by atoms with Gasteiger partial charge in [-0.2, -0.15) is 0 Å². The molecule has 2 aliphatic rings. The SMILES string of the molecule is CC1CCC2OC2[C@@H]1C. The summed E-state index contributed by atoms with van der Waals surface area (Å²) in [5.41, 5.74) is 0. The minimum atomic E-state index is 0.647. The summed E-state index contributed by atoms with van der Waals surface area (Å²) in [6.45, 7) is 4.65. The average Bonchev–Trinajstić information content (AvgIpc) is 2.58. The van der Waals surface area contributed by atoms with Gasteiger partial charge < -0.3 is 4.74 Å². The third kappa shape index (κ3) is 0.787. The van der Waals surface area contributed by atoms with Crippen molar-refractivity contribution >= 4 is 0 Å². The zero-order chi connectivity index (χ0) is 6.43. The predicted molar refractivity (Wildman–Crippen MR) is 36.2 cm³/mol. The van der Waals surface area contributed by atoms with Crippen LogP contribution in [0.25, 0.3) is 0 Å². The van der Waals surface area contributed by atoms with E-state index < -0.39 is 0 Å². The smallest absolute Gasteiger partial charge is 0.0869 e. The van der Waals surface area contributed by atoms with Gasteiger partial charge in [-0.3, -0.25) is 0 Å². The van der Waals surface area contributed by atoms with Gasteiger partial charge in [0.25, 0.3) is 0 Å². The van der Waals surface area contributed by atoms with Gasteiger partial charge in [0.15, 0.2) is 0 Å². The summed E-state index contributed by atoms with van der Waals surface area (Å²) in [7, 11) is 0. The predicted octanol–water partition coefficient (Wildman–Crippen LogP) is 1.82. The van der Waals surface area contributed by atoms with Gasteiger partial charge in [-0.15, -0.1) is 0 Å². The van der Waals surface area contributed by atoms with Gasteiger partial charge in [-0.05, 0) is 24.7 Å². The van der Waals surface area contributed by atoms with Crippen molar-refractivity contribution in [2.24, 2.45) is 11.8 Å². The Kier molecular flexibility index (Phi) is 1.10. The Bertz CT molecular complexity index is 120. The molecule has 3 unspecified atom stereocenters. The Balaban J connectivity index is 2.02. The molecule has 4 atom stereocenters. The van der Waals surface area contributed by atoms with E-state index in [4.69, 9.17) is 4.74 Å². The van der Waals surface area contributed by atoms with E-state index in [9.17, 15) is 0 Å². The molecule has 1 heteroatoms. The fraction of sp³-hybridized carbons (Fsp3) is 1.00. The van der Waals surface area contributed by atoms with E-state index in [1.54, 1.807) is 0 Å². The zero-order valence-electron chi connectivity index (χ0n) is 6.13. The summed E-state index contributed by atoms with van der Waals surface area (Å²) in [6, 6.07) is 0. The minimum absolute atomic E-state index is 0.647. The van der Waals surface area contributed by atoms with Gasteiger partial charge in [0.05, 0.1) is 12.2 Å². The summed E-state index contributed by atoms with van der Waals surface area (Å²) in [4.78, 5) is 0. The number of hydrogen-bond donors (Lipinski definition) is 0. The maximum atomic E-state index is 5.46. The molecule has 9 heavy (non-hydrogen) atoms. The Labute approximate surface area is 56.4 Å². The van der Waals surface area contributed by atoms with Crippen molar-refractivity contribution in [3.05, 3.63) is 0 Å².